The maximum Gasteiger partial charge on any atom is 0.307 e. The van der Waals surface area contributed by atoms with E-state index in [1.807, 2.05) is 6.92 Å². The fourth-order valence-corrected chi connectivity index (χ4v) is 1.05. The third-order valence-corrected chi connectivity index (χ3v) is 2.74. The van der Waals surface area contributed by atoms with E-state index in [9.17, 15) is 4.79 Å². The number of hydrogen-bond acceptors (Lipinski definition) is 3. The third-order valence-electron chi connectivity index (χ3n) is 2.74. The molecule has 0 aromatic rings. The molecule has 1 atom stereocenters. The van der Waals surface area contributed by atoms with Gasteiger partial charge in [-0.25, -0.2) is 0 Å². The molecule has 15 heavy (non-hydrogen) atoms. The van der Waals surface area contributed by atoms with Crippen LogP contribution in [0.15, 0.2) is 0 Å². The van der Waals surface area contributed by atoms with Crippen molar-refractivity contribution >= 4 is 5.97 Å². The number of carbonyl (C=O) groups excluding carboxylic acids is 1. The predicted molar refractivity (Wildman–Crippen MR) is 62.7 cm³/mol. The molecule has 90 valence electrons. The minimum Gasteiger partial charge on any atom is -0.466 e. The maximum atomic E-state index is 11.0. The van der Waals surface area contributed by atoms with Crippen LogP contribution in [-0.2, 0) is 9.53 Å². The fraction of sp³-hybridized carbons (Fsp3) is 0.917. The fourth-order valence-electron chi connectivity index (χ4n) is 1.05. The average molecular weight is 215 g/mol. The van der Waals surface area contributed by atoms with Gasteiger partial charge >= 0.3 is 5.97 Å². The molecule has 0 amide bonds. The summed E-state index contributed by atoms with van der Waals surface area (Å²) in [7, 11) is 0. The summed E-state index contributed by atoms with van der Waals surface area (Å²) < 4.78 is 4.84. The quantitative estimate of drug-likeness (QED) is 0.545. The van der Waals surface area contributed by atoms with Crippen molar-refractivity contribution in [2.24, 2.45) is 11.3 Å². The van der Waals surface area contributed by atoms with E-state index in [0.29, 0.717) is 30.9 Å². The van der Waals surface area contributed by atoms with Crippen molar-refractivity contribution in [3.8, 4) is 0 Å². The van der Waals surface area contributed by atoms with Crippen LogP contribution in [0.2, 0.25) is 0 Å². The summed E-state index contributed by atoms with van der Waals surface area (Å²) in [6.07, 6.45) is 0.463. The topological polar surface area (TPSA) is 38.3 Å². The number of hydrogen-bond donors (Lipinski definition) is 1. The van der Waals surface area contributed by atoms with Crippen LogP contribution in [0.4, 0.5) is 0 Å². The molecule has 0 aliphatic rings. The summed E-state index contributed by atoms with van der Waals surface area (Å²) in [4.78, 5) is 11.0. The number of ether oxygens (including phenoxy) is 1. The second kappa shape index (κ2) is 6.83. The van der Waals surface area contributed by atoms with E-state index in [-0.39, 0.29) is 5.97 Å². The van der Waals surface area contributed by atoms with Crippen LogP contribution in [0.25, 0.3) is 0 Å². The number of esters is 1. The Balaban J connectivity index is 3.51. The first-order valence-electron chi connectivity index (χ1n) is 5.74. The summed E-state index contributed by atoms with van der Waals surface area (Å²) in [6.45, 7) is 12.9. The number of nitrogens with one attached hydrogen (secondary N) is 1. The molecule has 1 unspecified atom stereocenters. The maximum absolute atomic E-state index is 11.0. The van der Waals surface area contributed by atoms with Gasteiger partial charge in [-0.05, 0) is 24.8 Å². The molecule has 0 fully saturated rings. The lowest BCUT2D eigenvalue weighted by Crippen LogP contribution is -2.31. The molecule has 0 bridgehead atoms. The molecular weight excluding hydrogens is 190 g/mol. The van der Waals surface area contributed by atoms with Crippen molar-refractivity contribution in [1.29, 1.82) is 0 Å². The van der Waals surface area contributed by atoms with Gasteiger partial charge in [0, 0.05) is 6.54 Å². The lowest BCUT2D eigenvalue weighted by molar-refractivity contribution is -0.142. The summed E-state index contributed by atoms with van der Waals surface area (Å²) in [5.41, 5.74) is 0.316. The zero-order chi connectivity index (χ0) is 11.9. The van der Waals surface area contributed by atoms with E-state index >= 15 is 0 Å². The molecule has 0 aliphatic carbocycles. The normalized spacial score (nSPS) is 13.7. The van der Waals surface area contributed by atoms with Crippen LogP contribution >= 0.6 is 0 Å². The minimum atomic E-state index is -0.117. The van der Waals surface area contributed by atoms with E-state index in [1.54, 1.807) is 0 Å². The number of carbonyl (C=O) groups is 1. The van der Waals surface area contributed by atoms with Crippen LogP contribution in [0.5, 0.6) is 0 Å². The highest BCUT2D eigenvalue weighted by atomic mass is 16.5. The van der Waals surface area contributed by atoms with Crippen molar-refractivity contribution in [1.82, 2.24) is 5.32 Å². The largest absolute Gasteiger partial charge is 0.466 e. The van der Waals surface area contributed by atoms with Gasteiger partial charge < -0.3 is 10.1 Å². The second-order valence-electron chi connectivity index (χ2n) is 5.03. The van der Waals surface area contributed by atoms with Crippen LogP contribution in [-0.4, -0.2) is 25.7 Å². The first kappa shape index (κ1) is 14.4. The van der Waals surface area contributed by atoms with Gasteiger partial charge in [0.25, 0.3) is 0 Å². The molecule has 0 rings (SSSR count). The molecule has 0 aromatic carbocycles. The Bertz CT molecular complexity index is 185. The average Bonchev–Trinajstić information content (AvgIpc) is 2.11. The SMILES string of the molecule is CCOC(=O)CCNCC(C)C(C)(C)C. The molecule has 0 aromatic heterocycles. The first-order valence-corrected chi connectivity index (χ1v) is 5.74. The Kier molecular flexibility index (Phi) is 6.57. The third kappa shape index (κ3) is 7.37. The molecule has 0 radical (unpaired) electrons. The smallest absolute Gasteiger partial charge is 0.307 e. The Morgan fingerprint density at radius 2 is 2.00 bits per heavy atom. The zero-order valence-electron chi connectivity index (χ0n) is 10.7. The summed E-state index contributed by atoms with van der Waals surface area (Å²) >= 11 is 0. The Hall–Kier alpha value is -0.570. The highest BCUT2D eigenvalue weighted by molar-refractivity contribution is 5.69. The van der Waals surface area contributed by atoms with E-state index in [2.05, 4.69) is 33.0 Å². The van der Waals surface area contributed by atoms with Gasteiger partial charge in [0.05, 0.1) is 13.0 Å². The minimum absolute atomic E-state index is 0.117. The second-order valence-corrected chi connectivity index (χ2v) is 5.03. The van der Waals surface area contributed by atoms with Crippen LogP contribution in [0, 0.1) is 11.3 Å². The van der Waals surface area contributed by atoms with Gasteiger partial charge in [-0.1, -0.05) is 27.7 Å². The van der Waals surface area contributed by atoms with Gasteiger partial charge in [-0.2, -0.15) is 0 Å². The van der Waals surface area contributed by atoms with Gasteiger partial charge in [-0.15, -0.1) is 0 Å². The van der Waals surface area contributed by atoms with Crippen molar-refractivity contribution in [2.75, 3.05) is 19.7 Å². The van der Waals surface area contributed by atoms with Gasteiger partial charge in [-0.3, -0.25) is 4.79 Å². The molecule has 1 N–H and O–H groups in total. The molecule has 0 aliphatic heterocycles. The van der Waals surface area contributed by atoms with Gasteiger partial charge in [0.1, 0.15) is 0 Å². The Morgan fingerprint density at radius 1 is 1.40 bits per heavy atom. The standard InChI is InChI=1S/C12H25NO2/c1-6-15-11(14)7-8-13-9-10(2)12(3,4)5/h10,13H,6-9H2,1-5H3. The van der Waals surface area contributed by atoms with Crippen LogP contribution < -0.4 is 5.32 Å². The lowest BCUT2D eigenvalue weighted by atomic mass is 9.82. The molecule has 0 saturated carbocycles. The number of rotatable bonds is 6. The molecule has 0 heterocycles. The highest BCUT2D eigenvalue weighted by Crippen LogP contribution is 2.24. The van der Waals surface area contributed by atoms with Crippen molar-refractivity contribution in [2.45, 2.75) is 41.0 Å². The van der Waals surface area contributed by atoms with Crippen molar-refractivity contribution in [3.05, 3.63) is 0 Å². The summed E-state index contributed by atoms with van der Waals surface area (Å²) in [5, 5.41) is 3.28. The molecular formula is C12H25NO2. The molecule has 3 heteroatoms. The summed E-state index contributed by atoms with van der Waals surface area (Å²) in [6, 6.07) is 0. The Labute approximate surface area is 93.6 Å². The molecule has 3 nitrogen and oxygen atoms in total. The van der Waals surface area contributed by atoms with E-state index in [1.165, 1.54) is 0 Å². The molecule has 0 spiro atoms. The van der Waals surface area contributed by atoms with Gasteiger partial charge in [0.2, 0.25) is 0 Å². The predicted octanol–water partition coefficient (Wildman–Crippen LogP) is 2.21. The van der Waals surface area contributed by atoms with Gasteiger partial charge in [0.15, 0.2) is 0 Å². The molecule has 0 saturated heterocycles. The highest BCUT2D eigenvalue weighted by Gasteiger charge is 2.19. The van der Waals surface area contributed by atoms with E-state index in [0.717, 1.165) is 6.54 Å². The van der Waals surface area contributed by atoms with Crippen LogP contribution in [0.1, 0.15) is 41.0 Å². The Morgan fingerprint density at radius 3 is 2.47 bits per heavy atom. The van der Waals surface area contributed by atoms with E-state index < -0.39 is 0 Å². The monoisotopic (exact) mass is 215 g/mol. The summed E-state index contributed by atoms with van der Waals surface area (Å²) in [5.74, 6) is 0.480. The zero-order valence-corrected chi connectivity index (χ0v) is 10.7. The lowest BCUT2D eigenvalue weighted by Gasteiger charge is -2.27. The first-order chi connectivity index (χ1) is 6.88. The van der Waals surface area contributed by atoms with E-state index in [4.69, 9.17) is 4.74 Å². The van der Waals surface area contributed by atoms with Crippen molar-refractivity contribution < 1.29 is 9.53 Å². The van der Waals surface area contributed by atoms with Crippen molar-refractivity contribution in [3.63, 3.8) is 0 Å². The van der Waals surface area contributed by atoms with Crippen LogP contribution in [0.3, 0.4) is 0 Å².